The Kier molecular flexibility index (Phi) is 5.81. The van der Waals surface area contributed by atoms with E-state index >= 15 is 0 Å². The molecular weight excluding hydrogens is 283 g/mol. The van der Waals surface area contributed by atoms with Gasteiger partial charge >= 0.3 is 6.18 Å². The summed E-state index contributed by atoms with van der Waals surface area (Å²) in [6, 6.07) is 1.27. The minimum Gasteiger partial charge on any atom is -0.395 e. The van der Waals surface area contributed by atoms with E-state index in [1.54, 1.807) is 0 Å². The van der Waals surface area contributed by atoms with E-state index in [4.69, 9.17) is 16.7 Å². The molecule has 0 aliphatic heterocycles. The summed E-state index contributed by atoms with van der Waals surface area (Å²) in [6.45, 7) is 0.150. The Bertz CT molecular complexity index is 415. The highest BCUT2D eigenvalue weighted by Crippen LogP contribution is 2.22. The summed E-state index contributed by atoms with van der Waals surface area (Å²) in [4.78, 5) is 8.93. The molecule has 4 nitrogen and oxygen atoms in total. The third kappa shape index (κ3) is 5.61. The van der Waals surface area contributed by atoms with Crippen LogP contribution in [0.1, 0.15) is 19.2 Å². The SMILES string of the molecule is CCCc1nc(Cl)cc(N(CCO)CC(F)(F)F)n1. The lowest BCUT2D eigenvalue weighted by Crippen LogP contribution is -2.37. The van der Waals surface area contributed by atoms with Crippen LogP contribution >= 0.6 is 11.6 Å². The Morgan fingerprint density at radius 3 is 2.58 bits per heavy atom. The molecule has 0 aromatic carbocycles. The van der Waals surface area contributed by atoms with Gasteiger partial charge in [0.1, 0.15) is 23.3 Å². The molecule has 1 N–H and O–H groups in total. The third-order valence-corrected chi connectivity index (χ3v) is 2.46. The Balaban J connectivity index is 3.00. The summed E-state index contributed by atoms with van der Waals surface area (Å²) in [7, 11) is 0. The van der Waals surface area contributed by atoms with E-state index in [1.165, 1.54) is 6.07 Å². The Morgan fingerprint density at radius 2 is 2.05 bits per heavy atom. The predicted octanol–water partition coefficient (Wildman–Crippen LogP) is 2.44. The first kappa shape index (κ1) is 16.0. The smallest absolute Gasteiger partial charge is 0.395 e. The van der Waals surface area contributed by atoms with Crippen LogP contribution in [0.15, 0.2) is 6.07 Å². The normalized spacial score (nSPS) is 11.7. The summed E-state index contributed by atoms with van der Waals surface area (Å²) in [6.07, 6.45) is -3.08. The van der Waals surface area contributed by atoms with Crippen molar-refractivity contribution in [3.8, 4) is 0 Å². The first-order valence-electron chi connectivity index (χ1n) is 5.81. The molecule has 0 spiro atoms. The average Bonchev–Trinajstić information content (AvgIpc) is 2.26. The lowest BCUT2D eigenvalue weighted by atomic mass is 10.3. The van der Waals surface area contributed by atoms with Gasteiger partial charge < -0.3 is 10.0 Å². The van der Waals surface area contributed by atoms with Crippen LogP contribution in [0, 0.1) is 0 Å². The van der Waals surface area contributed by atoms with Crippen LogP contribution in [-0.4, -0.2) is 40.9 Å². The molecule has 1 rings (SSSR count). The molecule has 0 amide bonds. The van der Waals surface area contributed by atoms with Gasteiger partial charge in [-0.2, -0.15) is 13.2 Å². The van der Waals surface area contributed by atoms with Gasteiger partial charge in [-0.1, -0.05) is 18.5 Å². The van der Waals surface area contributed by atoms with Gasteiger partial charge in [0.15, 0.2) is 0 Å². The van der Waals surface area contributed by atoms with Crippen LogP contribution in [0.4, 0.5) is 19.0 Å². The fourth-order valence-corrected chi connectivity index (χ4v) is 1.76. The highest BCUT2D eigenvalue weighted by molar-refractivity contribution is 6.29. The molecule has 0 unspecified atom stereocenters. The van der Waals surface area contributed by atoms with Gasteiger partial charge in [-0.15, -0.1) is 0 Å². The van der Waals surface area contributed by atoms with Crippen molar-refractivity contribution < 1.29 is 18.3 Å². The number of halogens is 4. The number of aliphatic hydroxyl groups excluding tert-OH is 1. The van der Waals surface area contributed by atoms with E-state index in [0.29, 0.717) is 12.2 Å². The largest absolute Gasteiger partial charge is 0.405 e. The molecule has 1 aromatic heterocycles. The fraction of sp³-hybridized carbons (Fsp3) is 0.636. The van der Waals surface area contributed by atoms with Crippen molar-refractivity contribution in [3.05, 3.63) is 17.0 Å². The predicted molar refractivity (Wildman–Crippen MR) is 66.4 cm³/mol. The van der Waals surface area contributed by atoms with Gasteiger partial charge in [-0.05, 0) is 6.42 Å². The van der Waals surface area contributed by atoms with E-state index in [2.05, 4.69) is 9.97 Å². The maximum absolute atomic E-state index is 12.5. The van der Waals surface area contributed by atoms with Gasteiger partial charge in [0.25, 0.3) is 0 Å². The number of anilines is 1. The number of alkyl halides is 3. The van der Waals surface area contributed by atoms with E-state index in [9.17, 15) is 13.2 Å². The second-order valence-electron chi connectivity index (χ2n) is 3.98. The van der Waals surface area contributed by atoms with E-state index < -0.39 is 19.3 Å². The average molecular weight is 298 g/mol. The molecule has 1 heterocycles. The highest BCUT2D eigenvalue weighted by atomic mass is 35.5. The number of hydrogen-bond donors (Lipinski definition) is 1. The quantitative estimate of drug-likeness (QED) is 0.820. The molecule has 0 aliphatic rings. The lowest BCUT2D eigenvalue weighted by molar-refractivity contribution is -0.120. The first-order chi connectivity index (χ1) is 8.85. The molecule has 0 bridgehead atoms. The molecule has 0 saturated heterocycles. The number of aromatic nitrogens is 2. The van der Waals surface area contributed by atoms with Crippen LogP contribution in [0.3, 0.4) is 0 Å². The fourth-order valence-electron chi connectivity index (χ4n) is 1.56. The van der Waals surface area contributed by atoms with Crippen molar-refractivity contribution in [2.45, 2.75) is 25.9 Å². The third-order valence-electron chi connectivity index (χ3n) is 2.27. The molecule has 0 atom stereocenters. The Hall–Kier alpha value is -1.08. The molecule has 0 radical (unpaired) electrons. The van der Waals surface area contributed by atoms with Crippen LogP contribution in [0.5, 0.6) is 0 Å². The Morgan fingerprint density at radius 1 is 1.37 bits per heavy atom. The van der Waals surface area contributed by atoms with Crippen molar-refractivity contribution in [2.24, 2.45) is 0 Å². The summed E-state index contributed by atoms with van der Waals surface area (Å²) < 4.78 is 37.4. The molecule has 0 fully saturated rings. The van der Waals surface area contributed by atoms with Crippen LogP contribution in [-0.2, 0) is 6.42 Å². The number of hydrogen-bond acceptors (Lipinski definition) is 4. The molecule has 0 saturated carbocycles. The van der Waals surface area contributed by atoms with Crippen molar-refractivity contribution in [1.82, 2.24) is 9.97 Å². The number of aryl methyl sites for hydroxylation is 1. The standard InChI is InChI=1S/C11H15ClF3N3O/c1-2-3-9-16-8(12)6-10(17-9)18(4-5-19)7-11(13,14)15/h6,19H,2-5,7H2,1H3. The molecule has 0 aliphatic carbocycles. The molecule has 8 heteroatoms. The zero-order valence-corrected chi connectivity index (χ0v) is 11.2. The van der Waals surface area contributed by atoms with Crippen molar-refractivity contribution >= 4 is 17.4 Å². The van der Waals surface area contributed by atoms with Crippen molar-refractivity contribution in [3.63, 3.8) is 0 Å². The highest BCUT2D eigenvalue weighted by Gasteiger charge is 2.31. The van der Waals surface area contributed by atoms with E-state index in [-0.39, 0.29) is 17.5 Å². The zero-order chi connectivity index (χ0) is 14.5. The summed E-state index contributed by atoms with van der Waals surface area (Å²) in [5.41, 5.74) is 0. The lowest BCUT2D eigenvalue weighted by Gasteiger charge is -2.24. The molecular formula is C11H15ClF3N3O. The minimum atomic E-state index is -4.38. The minimum absolute atomic E-state index is 0.0785. The first-order valence-corrected chi connectivity index (χ1v) is 6.19. The monoisotopic (exact) mass is 297 g/mol. The maximum atomic E-state index is 12.5. The summed E-state index contributed by atoms with van der Waals surface area (Å²) in [5.74, 6) is 0.477. The van der Waals surface area contributed by atoms with Crippen LogP contribution in [0.25, 0.3) is 0 Å². The second kappa shape index (κ2) is 6.91. The van der Waals surface area contributed by atoms with E-state index in [1.807, 2.05) is 6.92 Å². The van der Waals surface area contributed by atoms with Gasteiger partial charge in [0, 0.05) is 19.0 Å². The van der Waals surface area contributed by atoms with Crippen LogP contribution < -0.4 is 4.90 Å². The van der Waals surface area contributed by atoms with Gasteiger partial charge in [0.2, 0.25) is 0 Å². The number of nitrogens with zero attached hydrogens (tertiary/aromatic N) is 3. The molecule has 108 valence electrons. The second-order valence-corrected chi connectivity index (χ2v) is 4.36. The molecule has 19 heavy (non-hydrogen) atoms. The van der Waals surface area contributed by atoms with Crippen molar-refractivity contribution in [2.75, 3.05) is 24.6 Å². The zero-order valence-electron chi connectivity index (χ0n) is 10.4. The Labute approximate surface area is 114 Å². The summed E-state index contributed by atoms with van der Waals surface area (Å²) >= 11 is 5.78. The van der Waals surface area contributed by atoms with Gasteiger partial charge in [-0.25, -0.2) is 9.97 Å². The van der Waals surface area contributed by atoms with Gasteiger partial charge in [0.05, 0.1) is 6.61 Å². The van der Waals surface area contributed by atoms with Crippen molar-refractivity contribution in [1.29, 1.82) is 0 Å². The van der Waals surface area contributed by atoms with E-state index in [0.717, 1.165) is 11.3 Å². The maximum Gasteiger partial charge on any atom is 0.405 e. The molecule has 1 aromatic rings. The summed E-state index contributed by atoms with van der Waals surface area (Å²) in [5, 5.41) is 8.95. The van der Waals surface area contributed by atoms with Gasteiger partial charge in [-0.3, -0.25) is 0 Å². The topological polar surface area (TPSA) is 49.2 Å². The number of rotatable bonds is 6. The number of aliphatic hydroxyl groups is 1. The van der Waals surface area contributed by atoms with Crippen LogP contribution in [0.2, 0.25) is 5.15 Å².